The molecule has 0 amide bonds. The molecule has 3 heteroatoms. The minimum absolute atomic E-state index is 0.907. The lowest BCUT2D eigenvalue weighted by Crippen LogP contribution is -2.17. The molecule has 13 heavy (non-hydrogen) atoms. The highest BCUT2D eigenvalue weighted by atomic mass is 15.3. The molecule has 0 bridgehead atoms. The average Bonchev–Trinajstić information content (AvgIpc) is 2.60. The third-order valence-electron chi connectivity index (χ3n) is 2.76. The summed E-state index contributed by atoms with van der Waals surface area (Å²) >= 11 is 0. The predicted octanol–water partition coefficient (Wildman–Crippen LogP) is 1.17. The van der Waals surface area contributed by atoms with E-state index in [9.17, 15) is 0 Å². The zero-order chi connectivity index (χ0) is 9.26. The van der Waals surface area contributed by atoms with Crippen LogP contribution in [0.5, 0.6) is 0 Å². The fraction of sp³-hybridized carbons (Fsp3) is 0.700. The maximum atomic E-state index is 4.30. The molecule has 1 saturated carbocycles. The van der Waals surface area contributed by atoms with E-state index in [2.05, 4.69) is 23.4 Å². The van der Waals surface area contributed by atoms with Crippen LogP contribution in [0.4, 0.5) is 0 Å². The molecular formula is C10H17N3. The predicted molar refractivity (Wildman–Crippen MR) is 52.2 cm³/mol. The van der Waals surface area contributed by atoms with Crippen molar-refractivity contribution in [2.24, 2.45) is 18.9 Å². The van der Waals surface area contributed by atoms with Crippen LogP contribution in [0.2, 0.25) is 0 Å². The zero-order valence-electron chi connectivity index (χ0n) is 8.33. The number of hydrogen-bond acceptors (Lipinski definition) is 2. The second kappa shape index (κ2) is 3.50. The third kappa shape index (κ3) is 2.31. The van der Waals surface area contributed by atoms with Crippen molar-refractivity contribution in [1.82, 2.24) is 15.1 Å². The molecule has 0 aliphatic heterocycles. The normalized spacial score (nSPS) is 26.3. The van der Waals surface area contributed by atoms with Gasteiger partial charge in [0, 0.05) is 19.8 Å². The Kier molecular flexibility index (Phi) is 2.36. The molecule has 1 heterocycles. The van der Waals surface area contributed by atoms with Crippen LogP contribution in [0, 0.1) is 11.8 Å². The summed E-state index contributed by atoms with van der Waals surface area (Å²) in [6.45, 7) is 4.37. The molecule has 1 N–H and O–H groups in total. The average molecular weight is 179 g/mol. The van der Waals surface area contributed by atoms with Crippen LogP contribution in [-0.2, 0) is 13.6 Å². The van der Waals surface area contributed by atoms with E-state index in [-0.39, 0.29) is 0 Å². The molecule has 2 atom stereocenters. The molecule has 0 unspecified atom stereocenters. The molecule has 1 aromatic rings. The number of rotatable bonds is 4. The van der Waals surface area contributed by atoms with Crippen LogP contribution < -0.4 is 5.32 Å². The van der Waals surface area contributed by atoms with Crippen LogP contribution in [0.3, 0.4) is 0 Å². The molecule has 0 radical (unpaired) electrons. The Balaban J connectivity index is 1.68. The maximum Gasteiger partial charge on any atom is 0.0762 e. The van der Waals surface area contributed by atoms with Crippen molar-refractivity contribution in [3.05, 3.63) is 18.0 Å². The van der Waals surface area contributed by atoms with E-state index in [1.54, 1.807) is 0 Å². The highest BCUT2D eigenvalue weighted by molar-refractivity contribution is 4.98. The Morgan fingerprint density at radius 2 is 2.46 bits per heavy atom. The van der Waals surface area contributed by atoms with E-state index < -0.39 is 0 Å². The van der Waals surface area contributed by atoms with Gasteiger partial charge in [-0.1, -0.05) is 6.92 Å². The highest BCUT2D eigenvalue weighted by Crippen LogP contribution is 2.36. The minimum atomic E-state index is 0.907. The summed E-state index contributed by atoms with van der Waals surface area (Å²) in [7, 11) is 1.95. The zero-order valence-corrected chi connectivity index (χ0v) is 8.33. The topological polar surface area (TPSA) is 29.9 Å². The van der Waals surface area contributed by atoms with E-state index in [1.807, 2.05) is 17.9 Å². The molecule has 0 aromatic carbocycles. The van der Waals surface area contributed by atoms with Crippen LogP contribution in [0.15, 0.2) is 12.3 Å². The molecule has 0 spiro atoms. The van der Waals surface area contributed by atoms with Crippen molar-refractivity contribution in [2.75, 3.05) is 6.54 Å². The van der Waals surface area contributed by atoms with Gasteiger partial charge in [0.15, 0.2) is 0 Å². The van der Waals surface area contributed by atoms with E-state index in [4.69, 9.17) is 0 Å². The summed E-state index contributed by atoms with van der Waals surface area (Å²) in [5, 5.41) is 7.73. The van der Waals surface area contributed by atoms with Crippen molar-refractivity contribution in [3.63, 3.8) is 0 Å². The van der Waals surface area contributed by atoms with Gasteiger partial charge < -0.3 is 5.32 Å². The Bertz CT molecular complexity index is 279. The quantitative estimate of drug-likeness (QED) is 0.752. The number of aromatic nitrogens is 2. The van der Waals surface area contributed by atoms with Gasteiger partial charge in [0.25, 0.3) is 0 Å². The lowest BCUT2D eigenvalue weighted by molar-refractivity contribution is 0.598. The smallest absolute Gasteiger partial charge is 0.0762 e. The first-order valence-electron chi connectivity index (χ1n) is 4.95. The second-order valence-corrected chi connectivity index (χ2v) is 4.08. The maximum absolute atomic E-state index is 4.30. The molecule has 1 fully saturated rings. The van der Waals surface area contributed by atoms with Gasteiger partial charge in [0.2, 0.25) is 0 Å². The molecule has 72 valence electrons. The molecule has 0 saturated heterocycles. The summed E-state index contributed by atoms with van der Waals surface area (Å²) < 4.78 is 1.84. The SMILES string of the molecule is C[C@@H]1C[C@H]1CNCc1ccn(C)n1. The van der Waals surface area contributed by atoms with Crippen LogP contribution in [-0.4, -0.2) is 16.3 Å². The van der Waals surface area contributed by atoms with E-state index in [0.717, 1.165) is 30.6 Å². The van der Waals surface area contributed by atoms with E-state index >= 15 is 0 Å². The summed E-state index contributed by atoms with van der Waals surface area (Å²) in [6.07, 6.45) is 3.38. The minimum Gasteiger partial charge on any atom is -0.311 e. The molecule has 1 aliphatic carbocycles. The van der Waals surface area contributed by atoms with Crippen molar-refractivity contribution in [2.45, 2.75) is 19.9 Å². The number of aryl methyl sites for hydroxylation is 1. The Hall–Kier alpha value is -0.830. The fourth-order valence-electron chi connectivity index (χ4n) is 1.63. The number of nitrogens with zero attached hydrogens (tertiary/aromatic N) is 2. The summed E-state index contributed by atoms with van der Waals surface area (Å²) in [6, 6.07) is 2.06. The van der Waals surface area contributed by atoms with Gasteiger partial charge in [-0.05, 0) is 30.9 Å². The Morgan fingerprint density at radius 1 is 1.69 bits per heavy atom. The van der Waals surface area contributed by atoms with Crippen LogP contribution in [0.25, 0.3) is 0 Å². The Morgan fingerprint density at radius 3 is 3.00 bits per heavy atom. The lowest BCUT2D eigenvalue weighted by atomic mass is 10.3. The summed E-state index contributed by atoms with van der Waals surface area (Å²) in [4.78, 5) is 0. The number of hydrogen-bond donors (Lipinski definition) is 1. The molecule has 2 rings (SSSR count). The van der Waals surface area contributed by atoms with Gasteiger partial charge in [-0.2, -0.15) is 5.10 Å². The van der Waals surface area contributed by atoms with Gasteiger partial charge in [-0.3, -0.25) is 4.68 Å². The van der Waals surface area contributed by atoms with Gasteiger partial charge >= 0.3 is 0 Å². The van der Waals surface area contributed by atoms with Gasteiger partial charge in [0.05, 0.1) is 5.69 Å². The van der Waals surface area contributed by atoms with Gasteiger partial charge in [-0.25, -0.2) is 0 Å². The fourth-order valence-corrected chi connectivity index (χ4v) is 1.63. The number of nitrogens with one attached hydrogen (secondary N) is 1. The molecule has 3 nitrogen and oxygen atoms in total. The first-order valence-corrected chi connectivity index (χ1v) is 4.95. The van der Waals surface area contributed by atoms with Crippen LogP contribution in [0.1, 0.15) is 19.0 Å². The standard InChI is InChI=1S/C10H17N3/c1-8-5-9(8)6-11-7-10-3-4-13(2)12-10/h3-4,8-9,11H,5-7H2,1-2H3/t8-,9+/m1/s1. The van der Waals surface area contributed by atoms with Crippen molar-refractivity contribution >= 4 is 0 Å². The third-order valence-corrected chi connectivity index (χ3v) is 2.76. The Labute approximate surface area is 79.1 Å². The van der Waals surface area contributed by atoms with Gasteiger partial charge in [0.1, 0.15) is 0 Å². The first kappa shape index (κ1) is 8.75. The largest absolute Gasteiger partial charge is 0.311 e. The van der Waals surface area contributed by atoms with Crippen molar-refractivity contribution in [1.29, 1.82) is 0 Å². The monoisotopic (exact) mass is 179 g/mol. The van der Waals surface area contributed by atoms with Crippen molar-refractivity contribution < 1.29 is 0 Å². The summed E-state index contributed by atoms with van der Waals surface area (Å²) in [5.74, 6) is 1.86. The first-order chi connectivity index (χ1) is 6.25. The molecule has 1 aromatic heterocycles. The molecule has 1 aliphatic rings. The van der Waals surface area contributed by atoms with Gasteiger partial charge in [-0.15, -0.1) is 0 Å². The highest BCUT2D eigenvalue weighted by Gasteiger charge is 2.31. The van der Waals surface area contributed by atoms with Crippen molar-refractivity contribution in [3.8, 4) is 0 Å². The van der Waals surface area contributed by atoms with E-state index in [1.165, 1.54) is 6.42 Å². The second-order valence-electron chi connectivity index (χ2n) is 4.08. The molecular weight excluding hydrogens is 162 g/mol. The van der Waals surface area contributed by atoms with Crippen LogP contribution >= 0.6 is 0 Å². The summed E-state index contributed by atoms with van der Waals surface area (Å²) in [5.41, 5.74) is 1.14. The lowest BCUT2D eigenvalue weighted by Gasteiger charge is -2.00. The van der Waals surface area contributed by atoms with E-state index in [0.29, 0.717) is 0 Å².